The number of nitrogens with one attached hydrogen (secondary N) is 1. The molecular weight excluding hydrogens is 444 g/mol. The molecule has 3 rings (SSSR count). The fourth-order valence-corrected chi connectivity index (χ4v) is 3.56. The van der Waals surface area contributed by atoms with Crippen molar-refractivity contribution in [2.24, 2.45) is 0 Å². The molecular formula is C20H15ClN4O5S. The second-order valence-electron chi connectivity index (χ2n) is 6.35. The number of thiazole rings is 1. The summed E-state index contributed by atoms with van der Waals surface area (Å²) in [7, 11) is 0. The van der Waals surface area contributed by atoms with Crippen LogP contribution < -0.4 is 5.32 Å². The van der Waals surface area contributed by atoms with E-state index in [0.29, 0.717) is 16.3 Å². The summed E-state index contributed by atoms with van der Waals surface area (Å²) >= 11 is 6.98. The van der Waals surface area contributed by atoms with E-state index >= 15 is 0 Å². The Morgan fingerprint density at radius 3 is 2.68 bits per heavy atom. The third-order valence-electron chi connectivity index (χ3n) is 4.23. The molecule has 1 N–H and O–H groups in total. The number of nitro benzene ring substituents is 1. The summed E-state index contributed by atoms with van der Waals surface area (Å²) in [5.41, 5.74) is 0.860. The Kier molecular flexibility index (Phi) is 6.42. The molecule has 1 aliphatic heterocycles. The van der Waals surface area contributed by atoms with Gasteiger partial charge in [0.25, 0.3) is 17.5 Å². The van der Waals surface area contributed by atoms with Crippen LogP contribution in [0.4, 0.5) is 10.8 Å². The van der Waals surface area contributed by atoms with Crippen molar-refractivity contribution in [1.29, 1.82) is 0 Å². The third-order valence-corrected chi connectivity index (χ3v) is 5.11. The van der Waals surface area contributed by atoms with Gasteiger partial charge in [-0.25, -0.2) is 4.98 Å². The summed E-state index contributed by atoms with van der Waals surface area (Å²) in [6.45, 7) is 4.90. The van der Waals surface area contributed by atoms with Crippen LogP contribution in [0.1, 0.15) is 33.3 Å². The quantitative estimate of drug-likeness (QED) is 0.289. The second kappa shape index (κ2) is 9.02. The van der Waals surface area contributed by atoms with Crippen molar-refractivity contribution in [1.82, 2.24) is 9.88 Å². The van der Waals surface area contributed by atoms with Gasteiger partial charge in [-0.2, -0.15) is 0 Å². The zero-order valence-electron chi connectivity index (χ0n) is 16.1. The van der Waals surface area contributed by atoms with Gasteiger partial charge in [0.2, 0.25) is 5.91 Å². The maximum absolute atomic E-state index is 12.5. The van der Waals surface area contributed by atoms with Crippen molar-refractivity contribution in [3.05, 3.63) is 80.4 Å². The molecule has 0 fully saturated rings. The topological polar surface area (TPSA) is 123 Å². The molecule has 3 amide bonds. The molecule has 31 heavy (non-hydrogen) atoms. The lowest BCUT2D eigenvalue weighted by molar-refractivity contribution is -0.384. The van der Waals surface area contributed by atoms with Crippen molar-refractivity contribution in [3.8, 4) is 0 Å². The van der Waals surface area contributed by atoms with Crippen LogP contribution in [0.3, 0.4) is 0 Å². The van der Waals surface area contributed by atoms with Crippen LogP contribution in [-0.2, 0) is 4.79 Å². The fourth-order valence-electron chi connectivity index (χ4n) is 2.76. The lowest BCUT2D eigenvalue weighted by atomic mass is 10.1. The van der Waals surface area contributed by atoms with Crippen molar-refractivity contribution >= 4 is 57.1 Å². The summed E-state index contributed by atoms with van der Waals surface area (Å²) < 4.78 is 0. The van der Waals surface area contributed by atoms with Crippen LogP contribution in [0.2, 0.25) is 0 Å². The number of carbonyl (C=O) groups excluding carboxylic acids is 3. The van der Waals surface area contributed by atoms with Crippen LogP contribution in [-0.4, -0.2) is 39.1 Å². The number of halogens is 1. The Morgan fingerprint density at radius 2 is 2.03 bits per heavy atom. The van der Waals surface area contributed by atoms with Gasteiger partial charge >= 0.3 is 0 Å². The minimum absolute atomic E-state index is 0.0170. The predicted octanol–water partition coefficient (Wildman–Crippen LogP) is 4.00. The highest BCUT2D eigenvalue weighted by Crippen LogP contribution is 2.27. The van der Waals surface area contributed by atoms with Crippen LogP contribution in [0.5, 0.6) is 0 Å². The Morgan fingerprint density at radius 1 is 1.32 bits per heavy atom. The maximum atomic E-state index is 12.5. The molecule has 0 bridgehead atoms. The van der Waals surface area contributed by atoms with Gasteiger partial charge in [-0.05, 0) is 19.1 Å². The minimum Gasteiger partial charge on any atom is -0.300 e. The van der Waals surface area contributed by atoms with Crippen molar-refractivity contribution in [3.63, 3.8) is 0 Å². The van der Waals surface area contributed by atoms with E-state index in [0.717, 1.165) is 28.4 Å². The molecule has 0 unspecified atom stereocenters. The molecule has 0 atom stereocenters. The Hall–Kier alpha value is -3.63. The highest BCUT2D eigenvalue weighted by Gasteiger charge is 2.37. The molecule has 11 heteroatoms. The van der Waals surface area contributed by atoms with Gasteiger partial charge < -0.3 is 5.32 Å². The first-order valence-corrected chi connectivity index (χ1v) is 10.0. The number of non-ortho nitro benzene ring substituents is 1. The molecule has 0 radical (unpaired) electrons. The number of carbonyl (C=O) groups is 3. The largest absolute Gasteiger partial charge is 0.300 e. The summed E-state index contributed by atoms with van der Waals surface area (Å²) in [5.74, 6) is -2.09. The molecule has 9 nitrogen and oxygen atoms in total. The first-order valence-electron chi connectivity index (χ1n) is 8.78. The summed E-state index contributed by atoms with van der Waals surface area (Å²) in [4.78, 5) is 52.6. The normalized spacial score (nSPS) is 13.9. The van der Waals surface area contributed by atoms with E-state index in [2.05, 4.69) is 16.9 Å². The number of rotatable bonds is 7. The van der Waals surface area contributed by atoms with Crippen molar-refractivity contribution in [2.45, 2.75) is 6.92 Å². The van der Waals surface area contributed by atoms with Crippen LogP contribution in [0.15, 0.2) is 53.4 Å². The summed E-state index contributed by atoms with van der Waals surface area (Å²) in [6.07, 6.45) is 5.01. The number of amides is 3. The van der Waals surface area contributed by atoms with Gasteiger partial charge in [0.05, 0.1) is 21.7 Å². The Balaban J connectivity index is 1.71. The molecule has 1 aliphatic rings. The van der Waals surface area contributed by atoms with E-state index in [1.54, 1.807) is 30.5 Å². The summed E-state index contributed by atoms with van der Waals surface area (Å²) in [6, 6.07) is 3.37. The fraction of sp³-hybridized carbons (Fsp3) is 0.100. The van der Waals surface area contributed by atoms with Crippen molar-refractivity contribution < 1.29 is 19.3 Å². The summed E-state index contributed by atoms with van der Waals surface area (Å²) in [5, 5.41) is 16.0. The molecule has 2 heterocycles. The van der Waals surface area contributed by atoms with Crippen LogP contribution in [0.25, 0.3) is 5.57 Å². The number of nitro groups is 1. The van der Waals surface area contributed by atoms with Gasteiger partial charge in [-0.1, -0.05) is 30.3 Å². The number of anilines is 1. The maximum Gasteiger partial charge on any atom is 0.270 e. The average molecular weight is 459 g/mol. The molecule has 1 aromatic heterocycles. The highest BCUT2D eigenvalue weighted by molar-refractivity contribution is 7.14. The number of hydrogen-bond donors (Lipinski definition) is 1. The molecule has 0 saturated carbocycles. The van der Waals surface area contributed by atoms with E-state index in [1.165, 1.54) is 6.07 Å². The SMILES string of the molecule is C=CC(=CC=C(C)Cl)c1csc(NC(=O)CN2C(=O)c3ccc([N+](=O)[O-])cc3C2=O)n1. The molecule has 0 aliphatic carbocycles. The lowest BCUT2D eigenvalue weighted by Gasteiger charge is -2.12. The van der Waals surface area contributed by atoms with Crippen LogP contribution in [0, 0.1) is 10.1 Å². The Bertz CT molecular complexity index is 1180. The van der Waals surface area contributed by atoms with E-state index in [-0.39, 0.29) is 21.9 Å². The third kappa shape index (κ3) is 4.76. The first-order chi connectivity index (χ1) is 14.7. The molecule has 1 aromatic carbocycles. The van der Waals surface area contributed by atoms with Gasteiger partial charge in [0, 0.05) is 28.1 Å². The van der Waals surface area contributed by atoms with Gasteiger partial charge in [-0.3, -0.25) is 29.4 Å². The number of benzene rings is 1. The number of nitrogens with zero attached hydrogens (tertiary/aromatic N) is 3. The molecule has 158 valence electrons. The Labute approximate surface area is 185 Å². The number of fused-ring (bicyclic) bond motifs is 1. The average Bonchev–Trinajstić information content (AvgIpc) is 3.27. The van der Waals surface area contributed by atoms with Crippen LogP contribution >= 0.6 is 22.9 Å². The van der Waals surface area contributed by atoms with E-state index in [1.807, 2.05) is 0 Å². The van der Waals surface area contributed by atoms with Gasteiger partial charge in [0.1, 0.15) is 6.54 Å². The molecule has 0 saturated heterocycles. The zero-order chi connectivity index (χ0) is 22.7. The number of hydrogen-bond acceptors (Lipinski definition) is 7. The van der Waals surface area contributed by atoms with E-state index in [4.69, 9.17) is 11.6 Å². The van der Waals surface area contributed by atoms with E-state index < -0.39 is 29.2 Å². The smallest absolute Gasteiger partial charge is 0.270 e. The number of aromatic nitrogens is 1. The predicted molar refractivity (Wildman–Crippen MR) is 117 cm³/mol. The van der Waals surface area contributed by atoms with Gasteiger partial charge in [-0.15, -0.1) is 11.3 Å². The number of imide groups is 1. The standard InChI is InChI=1S/C20H15ClN4O5S/c1-3-12(5-4-11(2)21)16-10-31-20(22-16)23-17(26)9-24-18(27)14-7-6-13(25(29)30)8-15(14)19(24)28/h3-8,10H,1,9H2,2H3,(H,22,23,26). The number of allylic oxidation sites excluding steroid dienone is 5. The van der Waals surface area contributed by atoms with Gasteiger partial charge in [0.15, 0.2) is 5.13 Å². The lowest BCUT2D eigenvalue weighted by Crippen LogP contribution is -2.37. The highest BCUT2D eigenvalue weighted by atomic mass is 35.5. The second-order valence-corrected chi connectivity index (χ2v) is 7.80. The molecule has 2 aromatic rings. The van der Waals surface area contributed by atoms with Crippen molar-refractivity contribution in [2.75, 3.05) is 11.9 Å². The molecule has 0 spiro atoms. The minimum atomic E-state index is -0.765. The zero-order valence-corrected chi connectivity index (χ0v) is 17.7. The van der Waals surface area contributed by atoms with E-state index in [9.17, 15) is 24.5 Å². The monoisotopic (exact) mass is 458 g/mol. The first kappa shape index (κ1) is 22.1.